The Morgan fingerprint density at radius 2 is 1.58 bits per heavy atom. The summed E-state index contributed by atoms with van der Waals surface area (Å²) in [5.41, 5.74) is 1.42. The molecule has 166 valence electrons. The smallest absolute Gasteiger partial charge is 0.255 e. The molecule has 2 aromatic carbocycles. The van der Waals surface area contributed by atoms with Crippen LogP contribution in [-0.4, -0.2) is 67.7 Å². The van der Waals surface area contributed by atoms with E-state index in [-0.39, 0.29) is 16.4 Å². The van der Waals surface area contributed by atoms with Gasteiger partial charge in [-0.15, -0.1) is 0 Å². The van der Waals surface area contributed by atoms with E-state index in [0.29, 0.717) is 26.2 Å². The molecule has 4 rings (SSSR count). The summed E-state index contributed by atoms with van der Waals surface area (Å²) in [7, 11) is -3.67. The van der Waals surface area contributed by atoms with Gasteiger partial charge in [0.1, 0.15) is 0 Å². The molecule has 31 heavy (non-hydrogen) atoms. The fourth-order valence-electron chi connectivity index (χ4n) is 4.29. The van der Waals surface area contributed by atoms with E-state index in [9.17, 15) is 13.2 Å². The molecule has 0 aromatic heterocycles. The van der Waals surface area contributed by atoms with Crippen molar-refractivity contribution in [2.45, 2.75) is 30.7 Å². The van der Waals surface area contributed by atoms with E-state index in [2.05, 4.69) is 4.90 Å². The molecule has 0 spiro atoms. The number of piperidine rings is 1. The fourth-order valence-corrected chi connectivity index (χ4v) is 6.20. The minimum absolute atomic E-state index is 0.128. The van der Waals surface area contributed by atoms with Gasteiger partial charge in [-0.3, -0.25) is 9.69 Å². The standard InChI is InChI=1S/C23H28ClN3O3S/c24-20-8-6-7-19(17-20)18-25-13-15-26(16-14-25)23(28)21-9-2-3-10-22(21)31(29,30)27-11-4-1-5-12-27/h2-3,6-10,17H,1,4-5,11-16,18H2. The number of carbonyl (C=O) groups excluding carboxylic acids is 1. The molecular weight excluding hydrogens is 434 g/mol. The Kier molecular flexibility index (Phi) is 6.96. The lowest BCUT2D eigenvalue weighted by atomic mass is 10.1. The monoisotopic (exact) mass is 461 g/mol. The molecule has 2 heterocycles. The van der Waals surface area contributed by atoms with Gasteiger partial charge in [-0.2, -0.15) is 4.31 Å². The van der Waals surface area contributed by atoms with Gasteiger partial charge in [0, 0.05) is 50.8 Å². The van der Waals surface area contributed by atoms with Crippen molar-refractivity contribution in [2.75, 3.05) is 39.3 Å². The molecule has 0 saturated carbocycles. The molecule has 1 amide bonds. The Balaban J connectivity index is 1.45. The number of hydrogen-bond donors (Lipinski definition) is 0. The van der Waals surface area contributed by atoms with Crippen LogP contribution in [0.5, 0.6) is 0 Å². The number of benzene rings is 2. The largest absolute Gasteiger partial charge is 0.336 e. The van der Waals surface area contributed by atoms with Crippen LogP contribution in [0.25, 0.3) is 0 Å². The Morgan fingerprint density at radius 3 is 2.29 bits per heavy atom. The van der Waals surface area contributed by atoms with Gasteiger partial charge in [-0.05, 0) is 42.7 Å². The van der Waals surface area contributed by atoms with Crippen LogP contribution in [0, 0.1) is 0 Å². The molecule has 0 radical (unpaired) electrons. The summed E-state index contributed by atoms with van der Waals surface area (Å²) in [5.74, 6) is -0.210. The van der Waals surface area contributed by atoms with Gasteiger partial charge in [0.2, 0.25) is 10.0 Å². The molecule has 0 bridgehead atoms. The molecule has 2 aliphatic heterocycles. The van der Waals surface area contributed by atoms with Crippen molar-refractivity contribution in [3.05, 3.63) is 64.7 Å². The summed E-state index contributed by atoms with van der Waals surface area (Å²) in [4.78, 5) is 17.4. The van der Waals surface area contributed by atoms with Gasteiger partial charge in [0.15, 0.2) is 0 Å². The zero-order valence-electron chi connectivity index (χ0n) is 17.5. The predicted octanol–water partition coefficient (Wildman–Crippen LogP) is 3.47. The highest BCUT2D eigenvalue weighted by molar-refractivity contribution is 7.89. The first kappa shape index (κ1) is 22.3. The summed E-state index contributed by atoms with van der Waals surface area (Å²) in [6.07, 6.45) is 2.78. The third-order valence-electron chi connectivity index (χ3n) is 6.01. The van der Waals surface area contributed by atoms with Gasteiger partial charge in [0.25, 0.3) is 5.91 Å². The second kappa shape index (κ2) is 9.69. The summed E-state index contributed by atoms with van der Waals surface area (Å²) in [5, 5.41) is 0.720. The van der Waals surface area contributed by atoms with Gasteiger partial charge in [-0.25, -0.2) is 8.42 Å². The van der Waals surface area contributed by atoms with Gasteiger partial charge < -0.3 is 4.90 Å². The van der Waals surface area contributed by atoms with Crippen LogP contribution in [-0.2, 0) is 16.6 Å². The number of amides is 1. The Morgan fingerprint density at radius 1 is 0.871 bits per heavy atom. The molecule has 0 atom stereocenters. The third kappa shape index (κ3) is 5.12. The molecule has 2 saturated heterocycles. The summed E-state index contributed by atoms with van der Waals surface area (Å²) >= 11 is 6.08. The van der Waals surface area contributed by atoms with Crippen LogP contribution < -0.4 is 0 Å². The minimum atomic E-state index is -3.67. The van der Waals surface area contributed by atoms with E-state index in [4.69, 9.17) is 11.6 Å². The van der Waals surface area contributed by atoms with Crippen molar-refractivity contribution in [3.63, 3.8) is 0 Å². The Hall–Kier alpha value is -1.93. The molecule has 0 aliphatic carbocycles. The van der Waals surface area contributed by atoms with E-state index in [0.717, 1.165) is 49.5 Å². The molecule has 0 unspecified atom stereocenters. The first-order valence-electron chi connectivity index (χ1n) is 10.8. The van der Waals surface area contributed by atoms with Crippen LogP contribution in [0.3, 0.4) is 0 Å². The fraction of sp³-hybridized carbons (Fsp3) is 0.435. The number of carbonyl (C=O) groups is 1. The third-order valence-corrected chi connectivity index (χ3v) is 8.20. The van der Waals surface area contributed by atoms with Crippen molar-refractivity contribution in [1.82, 2.24) is 14.1 Å². The summed E-state index contributed by atoms with van der Waals surface area (Å²) < 4.78 is 27.9. The number of sulfonamides is 1. The van der Waals surface area contributed by atoms with E-state index >= 15 is 0 Å². The van der Waals surface area contributed by atoms with Gasteiger partial charge in [0.05, 0.1) is 10.5 Å². The predicted molar refractivity (Wildman–Crippen MR) is 122 cm³/mol. The molecule has 6 nitrogen and oxygen atoms in total. The van der Waals surface area contributed by atoms with Gasteiger partial charge in [-0.1, -0.05) is 42.3 Å². The molecule has 2 aliphatic rings. The van der Waals surface area contributed by atoms with Crippen LogP contribution in [0.15, 0.2) is 53.4 Å². The Bertz CT molecular complexity index is 1030. The van der Waals surface area contributed by atoms with Crippen LogP contribution in [0.1, 0.15) is 35.2 Å². The van der Waals surface area contributed by atoms with Crippen LogP contribution in [0.4, 0.5) is 0 Å². The van der Waals surface area contributed by atoms with Crippen molar-refractivity contribution in [1.29, 1.82) is 0 Å². The van der Waals surface area contributed by atoms with E-state index in [1.54, 1.807) is 29.2 Å². The van der Waals surface area contributed by atoms with Gasteiger partial charge >= 0.3 is 0 Å². The normalized spacial score (nSPS) is 18.8. The number of hydrogen-bond acceptors (Lipinski definition) is 4. The molecule has 8 heteroatoms. The lowest BCUT2D eigenvalue weighted by Gasteiger charge is -2.35. The zero-order valence-corrected chi connectivity index (χ0v) is 19.1. The average molecular weight is 462 g/mol. The summed E-state index contributed by atoms with van der Waals surface area (Å²) in [6, 6.07) is 14.4. The Labute approximate surface area is 189 Å². The topological polar surface area (TPSA) is 60.9 Å². The van der Waals surface area contributed by atoms with Crippen molar-refractivity contribution < 1.29 is 13.2 Å². The average Bonchev–Trinajstić information content (AvgIpc) is 2.80. The second-order valence-corrected chi connectivity index (χ2v) is 10.5. The molecular formula is C23H28ClN3O3S. The summed E-state index contributed by atoms with van der Waals surface area (Å²) in [6.45, 7) is 4.43. The van der Waals surface area contributed by atoms with Crippen molar-refractivity contribution in [3.8, 4) is 0 Å². The number of rotatable bonds is 5. The highest BCUT2D eigenvalue weighted by Gasteiger charge is 2.32. The van der Waals surface area contributed by atoms with E-state index in [1.807, 2.05) is 24.3 Å². The maximum Gasteiger partial charge on any atom is 0.255 e. The number of piperazine rings is 1. The van der Waals surface area contributed by atoms with E-state index < -0.39 is 10.0 Å². The molecule has 2 fully saturated rings. The van der Waals surface area contributed by atoms with Crippen LogP contribution >= 0.6 is 11.6 Å². The quantitative estimate of drug-likeness (QED) is 0.684. The second-order valence-electron chi connectivity index (χ2n) is 8.16. The lowest BCUT2D eigenvalue weighted by Crippen LogP contribution is -2.48. The lowest BCUT2D eigenvalue weighted by molar-refractivity contribution is 0.0624. The molecule has 2 aromatic rings. The minimum Gasteiger partial charge on any atom is -0.336 e. The van der Waals surface area contributed by atoms with Crippen molar-refractivity contribution in [2.24, 2.45) is 0 Å². The maximum absolute atomic E-state index is 13.3. The first-order chi connectivity index (χ1) is 14.9. The zero-order chi connectivity index (χ0) is 21.8. The first-order valence-corrected chi connectivity index (χ1v) is 12.6. The highest BCUT2D eigenvalue weighted by Crippen LogP contribution is 2.25. The number of halogens is 1. The van der Waals surface area contributed by atoms with E-state index in [1.165, 1.54) is 4.31 Å². The highest BCUT2D eigenvalue weighted by atomic mass is 35.5. The maximum atomic E-state index is 13.3. The number of nitrogens with zero attached hydrogens (tertiary/aromatic N) is 3. The van der Waals surface area contributed by atoms with Crippen molar-refractivity contribution >= 4 is 27.5 Å². The van der Waals surface area contributed by atoms with Crippen LogP contribution in [0.2, 0.25) is 5.02 Å². The molecule has 0 N–H and O–H groups in total. The SMILES string of the molecule is O=C(c1ccccc1S(=O)(=O)N1CCCCC1)N1CCN(Cc2cccc(Cl)c2)CC1.